The highest BCUT2D eigenvalue weighted by Crippen LogP contribution is 2.44. The van der Waals surface area contributed by atoms with E-state index in [-0.39, 0.29) is 43.7 Å². The first-order chi connectivity index (χ1) is 11.6. The number of halogens is 3. The zero-order chi connectivity index (χ0) is 18.1. The van der Waals surface area contributed by atoms with Gasteiger partial charge in [-0.1, -0.05) is 5.16 Å². The summed E-state index contributed by atoms with van der Waals surface area (Å²) in [5, 5.41) is 3.41. The van der Waals surface area contributed by atoms with Crippen LogP contribution in [0.15, 0.2) is 26.3 Å². The second-order valence-electron chi connectivity index (χ2n) is 5.06. The molecule has 3 heterocycles. The number of aromatic nitrogens is 3. The molecule has 1 aliphatic rings. The number of hydrogen-bond acceptors (Lipinski definition) is 8. The number of nitrogens with two attached hydrogens (primary N) is 1. The lowest BCUT2D eigenvalue weighted by atomic mass is 10.3. The van der Waals surface area contributed by atoms with Gasteiger partial charge in [-0.15, -0.1) is 8.78 Å². The van der Waals surface area contributed by atoms with Gasteiger partial charge in [-0.25, -0.2) is 17.4 Å². The molecule has 0 saturated heterocycles. The summed E-state index contributed by atoms with van der Waals surface area (Å²) < 4.78 is 66.5. The fourth-order valence-corrected chi connectivity index (χ4v) is 4.97. The summed E-state index contributed by atoms with van der Waals surface area (Å²) in [6.45, 7) is 1.37. The SMILES string of the molecule is Cc1onc(N)c1S(=O)(=O)n1c(Br)nc2cc3c(cc21)OC(F)(F)O3. The van der Waals surface area contributed by atoms with Crippen LogP contribution in [0.3, 0.4) is 0 Å². The van der Waals surface area contributed by atoms with Crippen molar-refractivity contribution in [2.45, 2.75) is 18.1 Å². The maximum absolute atomic E-state index is 13.2. The van der Waals surface area contributed by atoms with Crippen molar-refractivity contribution in [2.75, 3.05) is 5.73 Å². The van der Waals surface area contributed by atoms with Crippen molar-refractivity contribution < 1.29 is 31.2 Å². The Balaban J connectivity index is 1.99. The second-order valence-corrected chi connectivity index (χ2v) is 7.49. The van der Waals surface area contributed by atoms with Crippen LogP contribution >= 0.6 is 15.9 Å². The fraction of sp³-hybridized carbons (Fsp3) is 0.167. The zero-order valence-corrected chi connectivity index (χ0v) is 14.6. The molecule has 9 nitrogen and oxygen atoms in total. The first kappa shape index (κ1) is 16.1. The van der Waals surface area contributed by atoms with E-state index < -0.39 is 16.3 Å². The zero-order valence-electron chi connectivity index (χ0n) is 12.2. The van der Waals surface area contributed by atoms with Crippen molar-refractivity contribution in [3.8, 4) is 11.5 Å². The lowest BCUT2D eigenvalue weighted by Crippen LogP contribution is -2.25. The summed E-state index contributed by atoms with van der Waals surface area (Å²) in [7, 11) is -4.27. The van der Waals surface area contributed by atoms with Crippen LogP contribution < -0.4 is 15.2 Å². The molecule has 4 rings (SSSR count). The third-order valence-electron chi connectivity index (χ3n) is 3.43. The Labute approximate surface area is 146 Å². The van der Waals surface area contributed by atoms with Gasteiger partial charge in [0.2, 0.25) is 0 Å². The molecule has 2 N–H and O–H groups in total. The van der Waals surface area contributed by atoms with E-state index in [4.69, 9.17) is 10.3 Å². The normalized spacial score (nSPS) is 15.8. The van der Waals surface area contributed by atoms with E-state index >= 15 is 0 Å². The molecule has 0 amide bonds. The van der Waals surface area contributed by atoms with E-state index in [1.165, 1.54) is 6.92 Å². The third-order valence-corrected chi connectivity index (χ3v) is 6.06. The molecule has 0 fully saturated rings. The summed E-state index contributed by atoms with van der Waals surface area (Å²) >= 11 is 3.04. The number of hydrogen-bond donors (Lipinski definition) is 1. The van der Waals surface area contributed by atoms with Gasteiger partial charge in [-0.3, -0.25) is 0 Å². The molecule has 0 saturated carbocycles. The molecule has 2 aromatic heterocycles. The Bertz CT molecular complexity index is 1120. The monoisotopic (exact) mass is 436 g/mol. The minimum atomic E-state index is -4.27. The van der Waals surface area contributed by atoms with Gasteiger partial charge >= 0.3 is 6.29 Å². The average Bonchev–Trinajstić information content (AvgIpc) is 3.07. The summed E-state index contributed by atoms with van der Waals surface area (Å²) in [5.74, 6) is -0.943. The second kappa shape index (κ2) is 4.82. The smallest absolute Gasteiger partial charge is 0.395 e. The first-order valence-corrected chi connectivity index (χ1v) is 8.78. The van der Waals surface area contributed by atoms with Gasteiger partial charge < -0.3 is 19.7 Å². The Morgan fingerprint density at radius 3 is 2.52 bits per heavy atom. The molecule has 0 spiro atoms. The van der Waals surface area contributed by atoms with Gasteiger partial charge in [0.25, 0.3) is 10.0 Å². The van der Waals surface area contributed by atoms with E-state index in [9.17, 15) is 17.2 Å². The van der Waals surface area contributed by atoms with Gasteiger partial charge in [0.1, 0.15) is 0 Å². The number of alkyl halides is 2. The maximum Gasteiger partial charge on any atom is 0.586 e. The third kappa shape index (κ3) is 2.26. The summed E-state index contributed by atoms with van der Waals surface area (Å²) in [6.07, 6.45) is -3.84. The van der Waals surface area contributed by atoms with Crippen molar-refractivity contribution in [3.05, 3.63) is 22.6 Å². The van der Waals surface area contributed by atoms with Crippen LogP contribution in [-0.2, 0) is 10.0 Å². The Kier molecular flexibility index (Phi) is 3.10. The van der Waals surface area contributed by atoms with Gasteiger partial charge in [-0.2, -0.15) is 0 Å². The molecule has 0 atom stereocenters. The molecule has 0 unspecified atom stereocenters. The molecule has 25 heavy (non-hydrogen) atoms. The maximum atomic E-state index is 13.2. The van der Waals surface area contributed by atoms with E-state index in [1.54, 1.807) is 0 Å². The number of ether oxygens (including phenoxy) is 2. The highest BCUT2D eigenvalue weighted by atomic mass is 79.9. The van der Waals surface area contributed by atoms with Crippen molar-refractivity contribution in [2.24, 2.45) is 0 Å². The molecule has 132 valence electrons. The number of fused-ring (bicyclic) bond motifs is 2. The Morgan fingerprint density at radius 2 is 1.92 bits per heavy atom. The van der Waals surface area contributed by atoms with E-state index in [1.807, 2.05) is 0 Å². The largest absolute Gasteiger partial charge is 0.586 e. The highest BCUT2D eigenvalue weighted by Gasteiger charge is 2.44. The van der Waals surface area contributed by atoms with Gasteiger partial charge in [0, 0.05) is 12.1 Å². The number of imidazole rings is 1. The van der Waals surface area contributed by atoms with Crippen molar-refractivity contribution in [3.63, 3.8) is 0 Å². The van der Waals surface area contributed by atoms with E-state index in [0.717, 1.165) is 16.1 Å². The number of benzene rings is 1. The standard InChI is InChI=1S/C12H7BrF2N4O5S/c1-4-9(10(16)18-24-4)25(20,21)19-6-3-8-7(22-12(14,15)23-8)2-5(6)17-11(19)13/h2-3H,1H3,(H2,16,18). The van der Waals surface area contributed by atoms with Gasteiger partial charge in [0.15, 0.2) is 32.7 Å². The van der Waals surface area contributed by atoms with Crippen LogP contribution in [0.25, 0.3) is 11.0 Å². The van der Waals surface area contributed by atoms with Crippen LogP contribution in [0.4, 0.5) is 14.6 Å². The van der Waals surface area contributed by atoms with Crippen LogP contribution in [-0.4, -0.2) is 28.8 Å². The number of aryl methyl sites for hydroxylation is 1. The van der Waals surface area contributed by atoms with E-state index in [0.29, 0.717) is 0 Å². The Hall–Kier alpha value is -2.41. The number of nitrogens with zero attached hydrogens (tertiary/aromatic N) is 3. The molecular weight excluding hydrogens is 430 g/mol. The predicted molar refractivity (Wildman–Crippen MR) is 81.9 cm³/mol. The summed E-state index contributed by atoms with van der Waals surface area (Å²) in [4.78, 5) is 3.65. The van der Waals surface area contributed by atoms with Crippen molar-refractivity contribution >= 4 is 42.8 Å². The van der Waals surface area contributed by atoms with Crippen LogP contribution in [0.5, 0.6) is 11.5 Å². The van der Waals surface area contributed by atoms with Gasteiger partial charge in [-0.05, 0) is 22.9 Å². The number of anilines is 1. The highest BCUT2D eigenvalue weighted by molar-refractivity contribution is 9.10. The lowest BCUT2D eigenvalue weighted by molar-refractivity contribution is -0.286. The average molecular weight is 437 g/mol. The quantitative estimate of drug-likeness (QED) is 0.648. The van der Waals surface area contributed by atoms with Crippen LogP contribution in [0.2, 0.25) is 0 Å². The molecule has 0 bridgehead atoms. The Morgan fingerprint density at radius 1 is 1.28 bits per heavy atom. The molecule has 1 aliphatic heterocycles. The fourth-order valence-electron chi connectivity index (χ4n) is 2.49. The number of nitrogen functional groups attached to an aromatic ring is 1. The molecule has 13 heteroatoms. The molecule has 3 aromatic rings. The number of rotatable bonds is 2. The molecule has 0 radical (unpaired) electrons. The minimum absolute atomic E-state index is 0.0214. The van der Waals surface area contributed by atoms with Crippen molar-refractivity contribution in [1.82, 2.24) is 14.1 Å². The lowest BCUT2D eigenvalue weighted by Gasteiger charge is -2.07. The minimum Gasteiger partial charge on any atom is -0.395 e. The van der Waals surface area contributed by atoms with E-state index in [2.05, 4.69) is 35.5 Å². The molecule has 1 aromatic carbocycles. The summed E-state index contributed by atoms with van der Waals surface area (Å²) in [6, 6.07) is 2.23. The van der Waals surface area contributed by atoms with Crippen LogP contribution in [0.1, 0.15) is 5.76 Å². The molecular formula is C12H7BrF2N4O5S. The summed E-state index contributed by atoms with van der Waals surface area (Å²) in [5.41, 5.74) is 5.64. The van der Waals surface area contributed by atoms with Crippen molar-refractivity contribution in [1.29, 1.82) is 0 Å². The molecule has 0 aliphatic carbocycles. The predicted octanol–water partition coefficient (Wildman–Crippen LogP) is 2.24. The van der Waals surface area contributed by atoms with Crippen LogP contribution in [0, 0.1) is 6.92 Å². The topological polar surface area (TPSA) is 122 Å². The van der Waals surface area contributed by atoms with Gasteiger partial charge in [0.05, 0.1) is 11.0 Å². The first-order valence-electron chi connectivity index (χ1n) is 6.55.